The molecule has 0 fully saturated rings. The van der Waals surface area contributed by atoms with Gasteiger partial charge in [-0.25, -0.2) is 4.98 Å². The maximum Gasteiger partial charge on any atom is 0.203 e. The van der Waals surface area contributed by atoms with E-state index in [1.165, 1.54) is 16.9 Å². The highest BCUT2D eigenvalue weighted by atomic mass is 79.9. The number of halogens is 1. The van der Waals surface area contributed by atoms with Crippen molar-refractivity contribution in [1.82, 2.24) is 4.98 Å². The van der Waals surface area contributed by atoms with Crippen LogP contribution in [0.5, 0.6) is 11.5 Å². The highest BCUT2D eigenvalue weighted by Gasteiger charge is 2.10. The van der Waals surface area contributed by atoms with Gasteiger partial charge in [-0.3, -0.25) is 5.43 Å². The molecule has 2 aromatic carbocycles. The summed E-state index contributed by atoms with van der Waals surface area (Å²) in [5.41, 5.74) is 7.00. The second-order valence-electron chi connectivity index (χ2n) is 5.50. The van der Waals surface area contributed by atoms with Crippen LogP contribution in [-0.4, -0.2) is 25.4 Å². The van der Waals surface area contributed by atoms with E-state index in [0.717, 1.165) is 26.4 Å². The van der Waals surface area contributed by atoms with Gasteiger partial charge in [0, 0.05) is 21.0 Å². The van der Waals surface area contributed by atoms with Crippen molar-refractivity contribution in [2.24, 2.45) is 5.10 Å². The van der Waals surface area contributed by atoms with E-state index in [9.17, 15) is 0 Å². The third kappa shape index (κ3) is 4.23. The molecule has 0 aliphatic carbocycles. The number of methoxy groups -OCH3 is 2. The van der Waals surface area contributed by atoms with Crippen molar-refractivity contribution in [3.63, 3.8) is 0 Å². The van der Waals surface area contributed by atoms with E-state index in [-0.39, 0.29) is 0 Å². The fourth-order valence-electron chi connectivity index (χ4n) is 2.39. The molecule has 5 nitrogen and oxygen atoms in total. The Labute approximate surface area is 164 Å². The van der Waals surface area contributed by atoms with Crippen LogP contribution in [0, 0.1) is 6.92 Å². The van der Waals surface area contributed by atoms with E-state index in [0.29, 0.717) is 11.5 Å². The molecule has 1 N–H and O–H groups in total. The summed E-state index contributed by atoms with van der Waals surface area (Å²) < 4.78 is 11.6. The summed E-state index contributed by atoms with van der Waals surface area (Å²) in [6.45, 7) is 2.07. The summed E-state index contributed by atoms with van der Waals surface area (Å²) in [5.74, 6) is 1.26. The van der Waals surface area contributed by atoms with Gasteiger partial charge >= 0.3 is 0 Å². The number of aromatic nitrogens is 1. The Morgan fingerprint density at radius 3 is 2.62 bits per heavy atom. The number of hydrazone groups is 1. The Morgan fingerprint density at radius 1 is 1.15 bits per heavy atom. The van der Waals surface area contributed by atoms with Crippen LogP contribution in [0.3, 0.4) is 0 Å². The van der Waals surface area contributed by atoms with Gasteiger partial charge in [0.05, 0.1) is 26.1 Å². The number of benzene rings is 2. The normalized spacial score (nSPS) is 10.9. The molecule has 0 atom stereocenters. The van der Waals surface area contributed by atoms with Crippen molar-refractivity contribution in [1.29, 1.82) is 0 Å². The summed E-state index contributed by atoms with van der Waals surface area (Å²) in [5, 5.41) is 7.00. The number of anilines is 1. The van der Waals surface area contributed by atoms with Gasteiger partial charge in [0.15, 0.2) is 11.5 Å². The molecule has 0 amide bonds. The second-order valence-corrected chi connectivity index (χ2v) is 7.28. The molecule has 0 aliphatic heterocycles. The van der Waals surface area contributed by atoms with Crippen LogP contribution in [0.4, 0.5) is 5.13 Å². The molecule has 0 unspecified atom stereocenters. The third-order valence-electron chi connectivity index (χ3n) is 3.69. The maximum atomic E-state index is 5.42. The zero-order chi connectivity index (χ0) is 18.5. The summed E-state index contributed by atoms with van der Waals surface area (Å²) >= 11 is 4.96. The zero-order valence-electron chi connectivity index (χ0n) is 14.6. The molecule has 134 valence electrons. The van der Waals surface area contributed by atoms with Gasteiger partial charge in [-0.2, -0.15) is 5.10 Å². The molecular formula is C19H18BrN3O2S. The summed E-state index contributed by atoms with van der Waals surface area (Å²) in [6, 6.07) is 12.0. The number of thiazole rings is 1. The lowest BCUT2D eigenvalue weighted by atomic mass is 10.1. The number of nitrogens with zero attached hydrogens (tertiary/aromatic N) is 2. The maximum absolute atomic E-state index is 5.42. The number of hydrogen-bond acceptors (Lipinski definition) is 6. The first-order valence-corrected chi connectivity index (χ1v) is 9.51. The minimum atomic E-state index is 0.626. The first-order valence-electron chi connectivity index (χ1n) is 7.84. The lowest BCUT2D eigenvalue weighted by Crippen LogP contribution is -1.97. The summed E-state index contributed by atoms with van der Waals surface area (Å²) in [7, 11) is 3.21. The molecule has 0 spiro atoms. The number of aryl methyl sites for hydroxylation is 1. The largest absolute Gasteiger partial charge is 0.493 e. The molecule has 0 radical (unpaired) electrons. The van der Waals surface area contributed by atoms with E-state index in [4.69, 9.17) is 9.47 Å². The Bertz CT molecular complexity index is 923. The van der Waals surface area contributed by atoms with Crippen molar-refractivity contribution < 1.29 is 9.47 Å². The quantitative estimate of drug-likeness (QED) is 0.422. The fraction of sp³-hybridized carbons (Fsp3) is 0.158. The van der Waals surface area contributed by atoms with Crippen molar-refractivity contribution in [3.05, 3.63) is 57.4 Å². The van der Waals surface area contributed by atoms with Crippen LogP contribution in [0.25, 0.3) is 11.3 Å². The van der Waals surface area contributed by atoms with Gasteiger partial charge in [0.1, 0.15) is 0 Å². The number of ether oxygens (including phenoxy) is 2. The fourth-order valence-corrected chi connectivity index (χ4v) is 3.52. The lowest BCUT2D eigenvalue weighted by molar-refractivity contribution is 0.354. The standard InChI is InChI=1S/C19H18BrN3O2S/c1-12-4-6-13(7-5-12)16-11-26-19(22-16)23-21-10-14-8-15(20)9-17(24-2)18(14)25-3/h4-11H,1-3H3,(H,22,23)/b21-10-. The van der Waals surface area contributed by atoms with Crippen LogP contribution in [0.2, 0.25) is 0 Å². The minimum absolute atomic E-state index is 0.626. The van der Waals surface area contributed by atoms with Crippen molar-refractivity contribution >= 4 is 38.6 Å². The molecule has 26 heavy (non-hydrogen) atoms. The van der Waals surface area contributed by atoms with Gasteiger partial charge in [-0.15, -0.1) is 11.3 Å². The van der Waals surface area contributed by atoms with Gasteiger partial charge in [-0.1, -0.05) is 45.8 Å². The topological polar surface area (TPSA) is 55.7 Å². The molecule has 0 bridgehead atoms. The Balaban J connectivity index is 1.75. The van der Waals surface area contributed by atoms with Crippen molar-refractivity contribution in [2.75, 3.05) is 19.6 Å². The van der Waals surface area contributed by atoms with E-state index in [1.54, 1.807) is 20.4 Å². The average Bonchev–Trinajstić information content (AvgIpc) is 3.10. The van der Waals surface area contributed by atoms with Crippen LogP contribution in [0.1, 0.15) is 11.1 Å². The highest BCUT2D eigenvalue weighted by Crippen LogP contribution is 2.33. The van der Waals surface area contributed by atoms with Crippen LogP contribution in [-0.2, 0) is 0 Å². The molecule has 3 rings (SSSR count). The molecule has 3 aromatic rings. The predicted octanol–water partition coefficient (Wildman–Crippen LogP) is 5.34. The second kappa shape index (κ2) is 8.33. The molecule has 0 saturated carbocycles. The van der Waals surface area contributed by atoms with Gasteiger partial charge in [0.2, 0.25) is 5.13 Å². The summed E-state index contributed by atoms with van der Waals surface area (Å²) in [6.07, 6.45) is 1.68. The van der Waals surface area contributed by atoms with Crippen LogP contribution >= 0.6 is 27.3 Å². The summed E-state index contributed by atoms with van der Waals surface area (Å²) in [4.78, 5) is 4.56. The monoisotopic (exact) mass is 431 g/mol. The smallest absolute Gasteiger partial charge is 0.203 e. The van der Waals surface area contributed by atoms with Crippen molar-refractivity contribution in [3.8, 4) is 22.8 Å². The average molecular weight is 432 g/mol. The Kier molecular flexibility index (Phi) is 5.90. The molecule has 1 aromatic heterocycles. The number of hydrogen-bond donors (Lipinski definition) is 1. The number of nitrogens with one attached hydrogen (secondary N) is 1. The van der Waals surface area contributed by atoms with Gasteiger partial charge in [0.25, 0.3) is 0 Å². The van der Waals surface area contributed by atoms with Crippen LogP contribution in [0.15, 0.2) is 51.4 Å². The Hall–Kier alpha value is -2.38. The first-order chi connectivity index (χ1) is 12.6. The Morgan fingerprint density at radius 2 is 1.92 bits per heavy atom. The molecule has 0 saturated heterocycles. The molecule has 1 heterocycles. The SMILES string of the molecule is COc1cc(Br)cc(/C=N\Nc2nc(-c3ccc(C)cc3)cs2)c1OC. The van der Waals surface area contributed by atoms with Gasteiger partial charge < -0.3 is 9.47 Å². The van der Waals surface area contributed by atoms with Crippen molar-refractivity contribution in [2.45, 2.75) is 6.92 Å². The van der Waals surface area contributed by atoms with E-state index < -0.39 is 0 Å². The van der Waals surface area contributed by atoms with Gasteiger partial charge in [-0.05, 0) is 19.1 Å². The van der Waals surface area contributed by atoms with E-state index in [2.05, 4.69) is 62.6 Å². The minimum Gasteiger partial charge on any atom is -0.493 e. The van der Waals surface area contributed by atoms with E-state index >= 15 is 0 Å². The molecule has 7 heteroatoms. The molecule has 0 aliphatic rings. The highest BCUT2D eigenvalue weighted by molar-refractivity contribution is 9.10. The molecular weight excluding hydrogens is 414 g/mol. The lowest BCUT2D eigenvalue weighted by Gasteiger charge is -2.10. The number of rotatable bonds is 6. The third-order valence-corrected chi connectivity index (χ3v) is 4.89. The zero-order valence-corrected chi connectivity index (χ0v) is 17.0. The van der Waals surface area contributed by atoms with Crippen LogP contribution < -0.4 is 14.9 Å². The predicted molar refractivity (Wildman–Crippen MR) is 111 cm³/mol. The van der Waals surface area contributed by atoms with E-state index in [1.807, 2.05) is 17.5 Å². The first kappa shape index (κ1) is 18.4.